The zero-order valence-corrected chi connectivity index (χ0v) is 9.70. The van der Waals surface area contributed by atoms with Crippen LogP contribution < -0.4 is 10.2 Å². The van der Waals surface area contributed by atoms with Gasteiger partial charge in [0, 0.05) is 24.6 Å². The van der Waals surface area contributed by atoms with Gasteiger partial charge in [-0.2, -0.15) is 0 Å². The first kappa shape index (κ1) is 9.58. The third-order valence-electron chi connectivity index (χ3n) is 2.39. The van der Waals surface area contributed by atoms with Crippen LogP contribution in [0.3, 0.4) is 0 Å². The van der Waals surface area contributed by atoms with Gasteiger partial charge >= 0.3 is 0 Å². The third kappa shape index (κ3) is 1.79. The summed E-state index contributed by atoms with van der Waals surface area (Å²) in [7, 11) is 2.11. The molecule has 0 N–H and O–H groups in total. The van der Waals surface area contributed by atoms with Gasteiger partial charge in [0.1, 0.15) is 6.63 Å². The maximum absolute atomic E-state index is 5.86. The van der Waals surface area contributed by atoms with E-state index in [9.17, 15) is 0 Å². The second-order valence-corrected chi connectivity index (χ2v) is 6.75. The lowest BCUT2D eigenvalue weighted by Crippen LogP contribution is -2.12. The SMILES string of the molecule is CN1CCc2cc(P(Cl)Cl)ccc21. The van der Waals surface area contributed by atoms with Crippen molar-refractivity contribution >= 4 is 40.1 Å². The van der Waals surface area contributed by atoms with Gasteiger partial charge < -0.3 is 4.90 Å². The quantitative estimate of drug-likeness (QED) is 0.675. The van der Waals surface area contributed by atoms with E-state index >= 15 is 0 Å². The molecule has 0 amide bonds. The van der Waals surface area contributed by atoms with Crippen molar-refractivity contribution in [3.63, 3.8) is 0 Å². The van der Waals surface area contributed by atoms with Crippen molar-refractivity contribution in [2.24, 2.45) is 0 Å². The molecule has 1 nitrogen and oxygen atoms in total. The van der Waals surface area contributed by atoms with Gasteiger partial charge in [-0.1, -0.05) is 28.5 Å². The van der Waals surface area contributed by atoms with Crippen LogP contribution in [0.1, 0.15) is 5.56 Å². The fraction of sp³-hybridized carbons (Fsp3) is 0.333. The highest BCUT2D eigenvalue weighted by molar-refractivity contribution is 8.08. The maximum Gasteiger partial charge on any atom is 0.116 e. The summed E-state index contributed by atoms with van der Waals surface area (Å²) >= 11 is 11.7. The third-order valence-corrected chi connectivity index (χ3v) is 4.23. The molecule has 0 bridgehead atoms. The number of likely N-dealkylation sites (N-methyl/N-ethyl adjacent to an activating group) is 1. The number of halogens is 2. The van der Waals surface area contributed by atoms with Gasteiger partial charge in [-0.25, -0.2) is 0 Å². The first-order valence-corrected chi connectivity index (χ1v) is 7.29. The Balaban J connectivity index is 2.40. The Labute approximate surface area is 89.0 Å². The number of anilines is 1. The monoisotopic (exact) mass is 233 g/mol. The Morgan fingerprint density at radius 3 is 2.85 bits per heavy atom. The molecule has 0 aliphatic carbocycles. The molecule has 1 aliphatic heterocycles. The van der Waals surface area contributed by atoms with Crippen molar-refractivity contribution in [1.29, 1.82) is 0 Å². The van der Waals surface area contributed by atoms with Gasteiger partial charge in [0.15, 0.2) is 0 Å². The van der Waals surface area contributed by atoms with Gasteiger partial charge in [0.2, 0.25) is 0 Å². The summed E-state index contributed by atoms with van der Waals surface area (Å²) in [6.45, 7) is 0.108. The summed E-state index contributed by atoms with van der Waals surface area (Å²) in [5, 5.41) is 1.06. The van der Waals surface area contributed by atoms with Crippen LogP contribution in [-0.4, -0.2) is 13.6 Å². The van der Waals surface area contributed by atoms with Crippen molar-refractivity contribution in [3.05, 3.63) is 23.8 Å². The molecule has 0 spiro atoms. The largest absolute Gasteiger partial charge is 0.374 e. The topological polar surface area (TPSA) is 3.24 Å². The van der Waals surface area contributed by atoms with Crippen LogP contribution in [0.5, 0.6) is 0 Å². The molecule has 0 aromatic heterocycles. The minimum absolute atomic E-state index is 0.990. The second kappa shape index (κ2) is 3.65. The van der Waals surface area contributed by atoms with Crippen molar-refractivity contribution < 1.29 is 0 Å². The number of benzene rings is 1. The van der Waals surface area contributed by atoms with Crippen LogP contribution in [0.2, 0.25) is 0 Å². The van der Waals surface area contributed by atoms with Crippen LogP contribution >= 0.6 is 29.1 Å². The van der Waals surface area contributed by atoms with E-state index in [1.54, 1.807) is 0 Å². The molecule has 0 atom stereocenters. The molecule has 0 unspecified atom stereocenters. The highest BCUT2D eigenvalue weighted by Gasteiger charge is 2.16. The van der Waals surface area contributed by atoms with Crippen LogP contribution in [0.4, 0.5) is 5.69 Å². The van der Waals surface area contributed by atoms with Crippen molar-refractivity contribution in [3.8, 4) is 0 Å². The minimum Gasteiger partial charge on any atom is -0.374 e. The molecular weight excluding hydrogens is 224 g/mol. The summed E-state index contributed by atoms with van der Waals surface area (Å²) in [4.78, 5) is 2.25. The van der Waals surface area contributed by atoms with Crippen molar-refractivity contribution in [2.45, 2.75) is 6.42 Å². The van der Waals surface area contributed by atoms with Crippen molar-refractivity contribution in [1.82, 2.24) is 0 Å². The van der Waals surface area contributed by atoms with Gasteiger partial charge in [-0.3, -0.25) is 0 Å². The predicted octanol–water partition coefficient (Wildman–Crippen LogP) is 3.09. The van der Waals surface area contributed by atoms with E-state index in [0.717, 1.165) is 18.3 Å². The first-order chi connectivity index (χ1) is 6.18. The van der Waals surface area contributed by atoms with Gasteiger partial charge in [0.25, 0.3) is 0 Å². The van der Waals surface area contributed by atoms with E-state index in [0.29, 0.717) is 0 Å². The highest BCUT2D eigenvalue weighted by Crippen LogP contribution is 2.46. The summed E-state index contributed by atoms with van der Waals surface area (Å²) in [5.41, 5.74) is 2.68. The van der Waals surface area contributed by atoms with Crippen LogP contribution in [0.15, 0.2) is 18.2 Å². The van der Waals surface area contributed by atoms with E-state index < -0.39 is 6.63 Å². The lowest BCUT2D eigenvalue weighted by molar-refractivity contribution is 0.956. The Morgan fingerprint density at radius 2 is 2.15 bits per heavy atom. The van der Waals surface area contributed by atoms with Gasteiger partial charge in [-0.05, 0) is 24.1 Å². The minimum atomic E-state index is -0.990. The number of rotatable bonds is 1. The van der Waals surface area contributed by atoms with E-state index in [2.05, 4.69) is 24.1 Å². The summed E-state index contributed by atoms with van der Waals surface area (Å²) in [6.07, 6.45) is 1.11. The number of hydrogen-bond acceptors (Lipinski definition) is 1. The molecule has 13 heavy (non-hydrogen) atoms. The molecule has 2 rings (SSSR count). The van der Waals surface area contributed by atoms with Gasteiger partial charge in [0.05, 0.1) is 0 Å². The first-order valence-electron chi connectivity index (χ1n) is 4.14. The van der Waals surface area contributed by atoms with Gasteiger partial charge in [-0.15, -0.1) is 0 Å². The predicted molar refractivity (Wildman–Crippen MR) is 61.7 cm³/mol. The highest BCUT2D eigenvalue weighted by atomic mass is 35.9. The number of fused-ring (bicyclic) bond motifs is 1. The second-order valence-electron chi connectivity index (χ2n) is 3.22. The summed E-state index contributed by atoms with van der Waals surface area (Å²) in [6, 6.07) is 6.26. The molecule has 70 valence electrons. The van der Waals surface area contributed by atoms with E-state index in [1.807, 2.05) is 6.07 Å². The van der Waals surface area contributed by atoms with Crippen LogP contribution in [0, 0.1) is 0 Å². The molecule has 1 aromatic rings. The smallest absolute Gasteiger partial charge is 0.116 e. The lowest BCUT2D eigenvalue weighted by Gasteiger charge is -2.12. The Hall–Kier alpha value is 0.0300. The Kier molecular flexibility index (Phi) is 2.69. The Bertz CT molecular complexity index is 327. The van der Waals surface area contributed by atoms with Crippen LogP contribution in [-0.2, 0) is 6.42 Å². The molecule has 0 saturated heterocycles. The van der Waals surface area contributed by atoms with E-state index in [4.69, 9.17) is 22.5 Å². The molecule has 0 fully saturated rings. The average molecular weight is 234 g/mol. The standard InChI is InChI=1S/C9H10Cl2NP/c1-12-5-4-7-6-8(13(10)11)2-3-9(7)12/h2-3,6H,4-5H2,1H3. The van der Waals surface area contributed by atoms with E-state index in [-0.39, 0.29) is 0 Å². The molecule has 0 radical (unpaired) electrons. The molecular formula is C9H10Cl2NP. The summed E-state index contributed by atoms with van der Waals surface area (Å²) in [5.74, 6) is 0. The molecule has 4 heteroatoms. The molecule has 0 saturated carbocycles. The zero-order chi connectivity index (χ0) is 9.42. The fourth-order valence-electron chi connectivity index (χ4n) is 1.66. The molecule has 1 aromatic carbocycles. The fourth-order valence-corrected chi connectivity index (χ4v) is 2.73. The average Bonchev–Trinajstić information content (AvgIpc) is 2.47. The lowest BCUT2D eigenvalue weighted by atomic mass is 10.2. The summed E-state index contributed by atoms with van der Waals surface area (Å²) < 4.78 is 0. The Morgan fingerprint density at radius 1 is 1.38 bits per heavy atom. The normalized spacial score (nSPS) is 15.2. The molecule has 1 aliphatic rings. The molecule has 1 heterocycles. The van der Waals surface area contributed by atoms with E-state index in [1.165, 1.54) is 11.3 Å². The number of hydrogen-bond donors (Lipinski definition) is 0. The van der Waals surface area contributed by atoms with Crippen LogP contribution in [0.25, 0.3) is 0 Å². The number of nitrogens with zero attached hydrogens (tertiary/aromatic N) is 1. The van der Waals surface area contributed by atoms with Crippen molar-refractivity contribution in [2.75, 3.05) is 18.5 Å². The maximum atomic E-state index is 5.86. The zero-order valence-electron chi connectivity index (χ0n) is 7.30.